The molecule has 2 aliphatic heterocycles. The van der Waals surface area contributed by atoms with Gasteiger partial charge in [0.1, 0.15) is 6.61 Å². The molecule has 13 nitrogen and oxygen atoms in total. The molecule has 0 aromatic heterocycles. The highest BCUT2D eigenvalue weighted by molar-refractivity contribution is 6.02. The summed E-state index contributed by atoms with van der Waals surface area (Å²) >= 11 is 0. The Labute approximate surface area is 411 Å². The van der Waals surface area contributed by atoms with Crippen LogP contribution in [0.25, 0.3) is 0 Å². The Balaban J connectivity index is 0.000000166. The lowest BCUT2D eigenvalue weighted by atomic mass is 9.44. The first-order valence-electron chi connectivity index (χ1n) is 26.4. The van der Waals surface area contributed by atoms with Crippen LogP contribution < -0.4 is 0 Å². The van der Waals surface area contributed by atoms with Crippen LogP contribution in [0.5, 0.6) is 0 Å². The standard InChI is InChI=1S/C32H44O7.C24H31FO6/c1-18(2)28(36)37-17-25(35)32-26(38-29(39-32)19-8-6-5-7-9-19)15-23-22-11-10-20-14-21(33)12-13-30(20,3)27(22)24(34)16-31(23,32)4;1-20(2)30-19-10-16-15-6-5-13-9-14(27)7-8-21(13,3)23(15,25)17(28)11-22(16,4)24(19,31-20)18(29)12-26/h12-14,18-19,22-24,26-27,29,34H,5-11,15-17H2,1-4H3;7-9,15-17,19,26,28H,5-6,10-12H2,1-4H3/t22-,23-,24-,26+,27+,29+,30-,31-,32+;15-,16-,17-,19+,21-,22-,23-,24+/m00/s1. The van der Waals surface area contributed by atoms with Gasteiger partial charge in [-0.1, -0.05) is 77.2 Å². The normalized spacial score (nSPS) is 48.3. The topological polar surface area (TPSA) is 192 Å². The van der Waals surface area contributed by atoms with Crippen molar-refractivity contribution in [3.05, 3.63) is 47.6 Å². The molecule has 0 radical (unpaired) electrons. The summed E-state index contributed by atoms with van der Waals surface area (Å²) in [6, 6.07) is 0. The number of hydrogen-bond donors (Lipinski definition) is 3. The third kappa shape index (κ3) is 6.80. The van der Waals surface area contributed by atoms with Gasteiger partial charge in [0, 0.05) is 39.4 Å². The average molecular weight is 975 g/mol. The SMILES string of the molecule is CC(C)C(=O)OCC(=O)[C@@]12O[C@H](C3CCCCC3)O[C@@H]1C[C@H]1[C@@H]3CCC4=CC(=O)C=C[C@]4(C)[C@H]3[C@@H](O)C[C@@]12C.CC1(C)O[C@@H]2C[C@H]3[C@@H]4CCC5=CC(=O)C=C[C@]5(C)[C@@]4(F)[C@@H](O)C[C@]3(C)[C@]2(C(=O)CO)O1. The number of alkyl halides is 1. The Kier molecular flexibility index (Phi) is 12.1. The van der Waals surface area contributed by atoms with Crippen LogP contribution in [0.1, 0.15) is 139 Å². The van der Waals surface area contributed by atoms with Crippen molar-refractivity contribution >= 4 is 29.1 Å². The Bertz CT molecular complexity index is 2350. The zero-order valence-electron chi connectivity index (χ0n) is 42.3. The maximum absolute atomic E-state index is 17.1. The summed E-state index contributed by atoms with van der Waals surface area (Å²) in [5.41, 5.74) is -5.85. The van der Waals surface area contributed by atoms with Gasteiger partial charge in [-0.05, 0) is 127 Å². The van der Waals surface area contributed by atoms with Gasteiger partial charge in [-0.25, -0.2) is 4.39 Å². The van der Waals surface area contributed by atoms with E-state index >= 15 is 4.39 Å². The lowest BCUT2D eigenvalue weighted by Crippen LogP contribution is -2.70. The average Bonchev–Trinajstić information content (AvgIpc) is 3.98. The molecule has 0 spiro atoms. The number of Topliss-reactive ketones (excluding diaryl/α,β-unsaturated/α-hetero) is 2. The minimum absolute atomic E-state index is 0.0109. The predicted octanol–water partition coefficient (Wildman–Crippen LogP) is 7.12. The van der Waals surface area contributed by atoms with Crippen LogP contribution in [-0.2, 0) is 47.7 Å². The number of halogens is 1. The van der Waals surface area contributed by atoms with Crippen molar-refractivity contribution < 1.29 is 67.4 Å². The summed E-state index contributed by atoms with van der Waals surface area (Å²) in [6.45, 7) is 13.9. The van der Waals surface area contributed by atoms with Crippen molar-refractivity contribution in [1.29, 1.82) is 0 Å². The first-order valence-corrected chi connectivity index (χ1v) is 26.4. The second kappa shape index (κ2) is 16.9. The van der Waals surface area contributed by atoms with Gasteiger partial charge in [0.2, 0.25) is 5.78 Å². The van der Waals surface area contributed by atoms with Crippen molar-refractivity contribution in [2.75, 3.05) is 13.2 Å². The third-order valence-electron chi connectivity index (χ3n) is 20.7. The number of fused-ring (bicyclic) bond motifs is 14. The molecule has 7 saturated carbocycles. The summed E-state index contributed by atoms with van der Waals surface area (Å²) in [7, 11) is 0. The Morgan fingerprint density at radius 1 is 0.771 bits per heavy atom. The van der Waals surface area contributed by atoms with Crippen LogP contribution in [0.4, 0.5) is 4.39 Å². The number of aliphatic hydroxyl groups is 3. The number of ketones is 4. The molecule has 0 amide bonds. The van der Waals surface area contributed by atoms with Crippen LogP contribution >= 0.6 is 0 Å². The molecule has 0 bridgehead atoms. The molecule has 0 aromatic rings. The summed E-state index contributed by atoms with van der Waals surface area (Å²) in [4.78, 5) is 63.8. The lowest BCUT2D eigenvalue weighted by molar-refractivity contribution is -0.246. The first kappa shape index (κ1) is 50.3. The van der Waals surface area contributed by atoms with Crippen LogP contribution in [-0.4, -0.2) is 111 Å². The van der Waals surface area contributed by atoms with Gasteiger partial charge in [0.25, 0.3) is 0 Å². The van der Waals surface area contributed by atoms with E-state index in [0.717, 1.165) is 49.7 Å². The van der Waals surface area contributed by atoms with E-state index in [1.807, 2.05) is 13.0 Å². The van der Waals surface area contributed by atoms with Crippen LogP contribution in [0.15, 0.2) is 47.6 Å². The highest BCUT2D eigenvalue weighted by Gasteiger charge is 2.80. The van der Waals surface area contributed by atoms with Crippen molar-refractivity contribution in [2.24, 2.45) is 63.1 Å². The molecule has 3 N–H and O–H groups in total. The zero-order valence-corrected chi connectivity index (χ0v) is 42.3. The number of esters is 1. The molecule has 14 heteroatoms. The van der Waals surface area contributed by atoms with E-state index in [1.54, 1.807) is 52.8 Å². The fraction of sp³-hybridized carbons (Fsp3) is 0.768. The quantitative estimate of drug-likeness (QED) is 0.219. The number of ether oxygens (including phenoxy) is 5. The monoisotopic (exact) mass is 975 g/mol. The second-order valence-electron chi connectivity index (χ2n) is 24.8. The Morgan fingerprint density at radius 2 is 1.41 bits per heavy atom. The van der Waals surface area contributed by atoms with E-state index in [-0.39, 0.29) is 71.3 Å². The van der Waals surface area contributed by atoms with E-state index in [2.05, 4.69) is 13.8 Å². The van der Waals surface area contributed by atoms with E-state index in [4.69, 9.17) is 23.7 Å². The van der Waals surface area contributed by atoms with Crippen molar-refractivity contribution in [3.8, 4) is 0 Å². The molecule has 2 heterocycles. The number of carbonyl (C=O) groups is 5. The molecule has 2 saturated heterocycles. The summed E-state index contributed by atoms with van der Waals surface area (Å²) < 4.78 is 48.5. The van der Waals surface area contributed by atoms with Crippen molar-refractivity contribution in [1.82, 2.24) is 0 Å². The molecule has 11 aliphatic rings. The number of aliphatic hydroxyl groups excluding tert-OH is 3. The zero-order chi connectivity index (χ0) is 50.4. The van der Waals surface area contributed by atoms with Gasteiger partial charge in [-0.3, -0.25) is 24.0 Å². The summed E-state index contributed by atoms with van der Waals surface area (Å²) in [5.74, 6) is -2.93. The highest BCUT2D eigenvalue weighted by atomic mass is 19.1. The van der Waals surface area contributed by atoms with Gasteiger partial charge in [-0.15, -0.1) is 0 Å². The molecule has 70 heavy (non-hydrogen) atoms. The number of hydrogen-bond acceptors (Lipinski definition) is 13. The molecule has 0 unspecified atom stereocenters. The highest BCUT2D eigenvalue weighted by Crippen LogP contribution is 2.73. The van der Waals surface area contributed by atoms with Gasteiger partial charge < -0.3 is 39.0 Å². The van der Waals surface area contributed by atoms with Crippen LogP contribution in [0.2, 0.25) is 0 Å². The molecule has 17 atom stereocenters. The minimum atomic E-state index is -1.98. The van der Waals surface area contributed by atoms with Crippen molar-refractivity contribution in [2.45, 2.75) is 192 Å². The van der Waals surface area contributed by atoms with Gasteiger partial charge in [0.05, 0.1) is 30.3 Å². The number of allylic oxidation sites excluding steroid dienone is 8. The fourth-order valence-electron chi connectivity index (χ4n) is 17.5. The van der Waals surface area contributed by atoms with Crippen LogP contribution in [0, 0.1) is 63.1 Å². The third-order valence-corrected chi connectivity index (χ3v) is 20.7. The van der Waals surface area contributed by atoms with E-state index in [1.165, 1.54) is 18.6 Å². The lowest BCUT2D eigenvalue weighted by Gasteiger charge is -2.62. The van der Waals surface area contributed by atoms with Gasteiger partial charge in [-0.2, -0.15) is 0 Å². The molecular weight excluding hydrogens is 900 g/mol. The molecule has 0 aromatic carbocycles. The number of rotatable bonds is 7. The molecule has 11 rings (SSSR count). The second-order valence-corrected chi connectivity index (χ2v) is 24.8. The largest absolute Gasteiger partial charge is 0.457 e. The van der Waals surface area contributed by atoms with E-state index < -0.39 is 93.9 Å². The molecule has 9 fully saturated rings. The van der Waals surface area contributed by atoms with E-state index in [0.29, 0.717) is 32.1 Å². The summed E-state index contributed by atoms with van der Waals surface area (Å²) in [6.07, 6.45) is 16.2. The smallest absolute Gasteiger partial charge is 0.308 e. The predicted molar refractivity (Wildman–Crippen MR) is 252 cm³/mol. The molecular formula is C56H75FO13. The van der Waals surface area contributed by atoms with Gasteiger partial charge >= 0.3 is 5.97 Å². The summed E-state index contributed by atoms with van der Waals surface area (Å²) in [5, 5.41) is 33.1. The van der Waals surface area contributed by atoms with Gasteiger partial charge in [0.15, 0.2) is 52.9 Å². The fourth-order valence-corrected chi connectivity index (χ4v) is 17.5. The van der Waals surface area contributed by atoms with Crippen molar-refractivity contribution in [3.63, 3.8) is 0 Å². The van der Waals surface area contributed by atoms with Crippen LogP contribution in [0.3, 0.4) is 0 Å². The van der Waals surface area contributed by atoms with E-state index in [9.17, 15) is 39.3 Å². The first-order chi connectivity index (χ1) is 32.9. The Morgan fingerprint density at radius 3 is 2.10 bits per heavy atom. The number of carbonyl (C=O) groups excluding carboxylic acids is 5. The maximum atomic E-state index is 17.1. The minimum Gasteiger partial charge on any atom is -0.457 e. The molecule has 9 aliphatic carbocycles. The Hall–Kier alpha value is -3.24. The maximum Gasteiger partial charge on any atom is 0.308 e. The molecule has 384 valence electrons.